The summed E-state index contributed by atoms with van der Waals surface area (Å²) in [4.78, 5) is 61.9. The van der Waals surface area contributed by atoms with E-state index < -0.39 is 36.4 Å². The molecule has 0 saturated carbocycles. The number of hydrogen-bond acceptors (Lipinski definition) is 6. The van der Waals surface area contributed by atoms with Gasteiger partial charge in [0.25, 0.3) is 5.91 Å². The van der Waals surface area contributed by atoms with Crippen molar-refractivity contribution in [1.82, 2.24) is 4.90 Å². The number of carbonyl (C=O) groups is 5. The summed E-state index contributed by atoms with van der Waals surface area (Å²) in [6.45, 7) is 2.24. The van der Waals surface area contributed by atoms with E-state index in [9.17, 15) is 24.0 Å². The van der Waals surface area contributed by atoms with Gasteiger partial charge in [0.05, 0.1) is 17.5 Å². The van der Waals surface area contributed by atoms with Gasteiger partial charge in [0.15, 0.2) is 11.9 Å². The lowest BCUT2D eigenvalue weighted by atomic mass is 9.85. The first kappa shape index (κ1) is 20.4. The third kappa shape index (κ3) is 4.26. The number of amides is 3. The van der Waals surface area contributed by atoms with Gasteiger partial charge in [-0.25, -0.2) is 0 Å². The van der Waals surface area contributed by atoms with Crippen LogP contribution >= 0.6 is 0 Å². The summed E-state index contributed by atoms with van der Waals surface area (Å²) in [5.74, 6) is -3.30. The topological polar surface area (TPSA) is 110 Å². The van der Waals surface area contributed by atoms with Crippen LogP contribution in [0.5, 0.6) is 0 Å². The van der Waals surface area contributed by atoms with E-state index in [-0.39, 0.29) is 17.6 Å². The summed E-state index contributed by atoms with van der Waals surface area (Å²) in [6.07, 6.45) is 3.52. The second kappa shape index (κ2) is 8.38. The predicted octanol–water partition coefficient (Wildman–Crippen LogP) is 1.71. The van der Waals surface area contributed by atoms with Gasteiger partial charge >= 0.3 is 5.97 Å². The lowest BCUT2D eigenvalue weighted by Crippen LogP contribution is -2.39. The second-order valence-electron chi connectivity index (χ2n) is 7.14. The average molecular weight is 398 g/mol. The van der Waals surface area contributed by atoms with E-state index >= 15 is 0 Å². The molecular weight excluding hydrogens is 376 g/mol. The standard InChI is InChI=1S/C21H22N2O6/c1-12(24)14-7-5-6-10-17(14)22-19(26)13(2)29-18(25)11-23-20(27)15-8-3-4-9-16(15)21(23)28/h3-7,10,13,15-16H,8-9,11H2,1-2H3,(H,22,26)/t13-,15-,16-/m0/s1. The van der Waals surface area contributed by atoms with Crippen molar-refractivity contribution < 1.29 is 28.7 Å². The highest BCUT2D eigenvalue weighted by molar-refractivity contribution is 6.07. The Hall–Kier alpha value is -3.29. The number of ketones is 1. The highest BCUT2D eigenvalue weighted by Crippen LogP contribution is 2.34. The molecule has 0 bridgehead atoms. The first-order chi connectivity index (χ1) is 13.8. The number of fused-ring (bicyclic) bond motifs is 1. The first-order valence-electron chi connectivity index (χ1n) is 9.40. The van der Waals surface area contributed by atoms with Crippen LogP contribution in [0.15, 0.2) is 36.4 Å². The van der Waals surface area contributed by atoms with E-state index in [2.05, 4.69) is 5.32 Å². The number of likely N-dealkylation sites (tertiary alicyclic amines) is 1. The van der Waals surface area contributed by atoms with Crippen molar-refractivity contribution in [3.05, 3.63) is 42.0 Å². The SMILES string of the molecule is CC(=O)c1ccccc1NC(=O)[C@H](C)OC(=O)CN1C(=O)[C@H]2CC=CC[C@@H]2C1=O. The molecule has 29 heavy (non-hydrogen) atoms. The van der Waals surface area contributed by atoms with Gasteiger partial charge in [0.1, 0.15) is 6.54 Å². The minimum Gasteiger partial charge on any atom is -0.451 e. The number of Topliss-reactive ketones (excluding diaryl/α,β-unsaturated/α-hetero) is 1. The Bertz CT molecular complexity index is 880. The molecule has 1 heterocycles. The number of para-hydroxylation sites is 1. The van der Waals surface area contributed by atoms with Gasteiger partial charge in [0.2, 0.25) is 11.8 Å². The lowest BCUT2D eigenvalue weighted by molar-refractivity contribution is -0.158. The Balaban J connectivity index is 1.58. The number of rotatable bonds is 6. The molecule has 1 N–H and O–H groups in total. The summed E-state index contributed by atoms with van der Waals surface area (Å²) in [6, 6.07) is 6.48. The van der Waals surface area contributed by atoms with E-state index in [0.717, 1.165) is 4.90 Å². The molecule has 8 heteroatoms. The van der Waals surface area contributed by atoms with Gasteiger partial charge in [0, 0.05) is 5.56 Å². The first-order valence-corrected chi connectivity index (χ1v) is 9.40. The number of nitrogens with one attached hydrogen (secondary N) is 1. The van der Waals surface area contributed by atoms with Crippen molar-refractivity contribution in [1.29, 1.82) is 0 Å². The summed E-state index contributed by atoms with van der Waals surface area (Å²) in [5.41, 5.74) is 0.651. The molecule has 1 saturated heterocycles. The van der Waals surface area contributed by atoms with Crippen molar-refractivity contribution in [2.75, 3.05) is 11.9 Å². The number of imide groups is 1. The van der Waals surface area contributed by atoms with Crippen molar-refractivity contribution in [2.45, 2.75) is 32.8 Å². The maximum absolute atomic E-state index is 12.4. The third-order valence-electron chi connectivity index (χ3n) is 5.13. The molecule has 0 unspecified atom stereocenters. The van der Waals surface area contributed by atoms with Crippen LogP contribution in [0, 0.1) is 11.8 Å². The fourth-order valence-electron chi connectivity index (χ4n) is 3.58. The van der Waals surface area contributed by atoms with E-state index in [1.165, 1.54) is 13.8 Å². The minimum absolute atomic E-state index is 0.215. The molecule has 8 nitrogen and oxygen atoms in total. The monoisotopic (exact) mass is 398 g/mol. The van der Waals surface area contributed by atoms with Crippen LogP contribution in [0.4, 0.5) is 5.69 Å². The Morgan fingerprint density at radius 2 is 1.69 bits per heavy atom. The molecule has 3 atom stereocenters. The lowest BCUT2D eigenvalue weighted by Gasteiger charge is -2.17. The molecule has 1 aromatic carbocycles. The van der Waals surface area contributed by atoms with Crippen LogP contribution in [-0.4, -0.2) is 47.0 Å². The Labute approximate surface area is 167 Å². The third-order valence-corrected chi connectivity index (χ3v) is 5.13. The van der Waals surface area contributed by atoms with Crippen LogP contribution in [0.3, 0.4) is 0 Å². The Morgan fingerprint density at radius 3 is 2.28 bits per heavy atom. The quantitative estimate of drug-likeness (QED) is 0.338. The van der Waals surface area contributed by atoms with Crippen LogP contribution in [-0.2, 0) is 23.9 Å². The molecule has 1 aliphatic carbocycles. The number of hydrogen-bond donors (Lipinski definition) is 1. The van der Waals surface area contributed by atoms with Gasteiger partial charge in [-0.1, -0.05) is 24.3 Å². The molecule has 1 aromatic rings. The molecule has 152 valence electrons. The van der Waals surface area contributed by atoms with Gasteiger partial charge in [-0.05, 0) is 38.8 Å². The van der Waals surface area contributed by atoms with Crippen LogP contribution < -0.4 is 5.32 Å². The van der Waals surface area contributed by atoms with Crippen molar-refractivity contribution in [2.24, 2.45) is 11.8 Å². The molecule has 2 aliphatic rings. The number of esters is 1. The van der Waals surface area contributed by atoms with Crippen molar-refractivity contribution >= 4 is 35.2 Å². The summed E-state index contributed by atoms with van der Waals surface area (Å²) >= 11 is 0. The normalized spacial score (nSPS) is 21.5. The fourth-order valence-corrected chi connectivity index (χ4v) is 3.58. The van der Waals surface area contributed by atoms with E-state index in [1.54, 1.807) is 24.3 Å². The molecule has 1 aliphatic heterocycles. The maximum Gasteiger partial charge on any atom is 0.326 e. The number of benzene rings is 1. The average Bonchev–Trinajstić information content (AvgIpc) is 2.93. The number of carbonyl (C=O) groups excluding carboxylic acids is 5. The highest BCUT2D eigenvalue weighted by atomic mass is 16.5. The van der Waals surface area contributed by atoms with Gasteiger partial charge < -0.3 is 10.1 Å². The Morgan fingerprint density at radius 1 is 1.10 bits per heavy atom. The van der Waals surface area contributed by atoms with Gasteiger partial charge in [-0.2, -0.15) is 0 Å². The zero-order chi connectivity index (χ0) is 21.1. The number of anilines is 1. The minimum atomic E-state index is -1.17. The van der Waals surface area contributed by atoms with E-state index in [4.69, 9.17) is 4.74 Å². The van der Waals surface area contributed by atoms with E-state index in [1.807, 2.05) is 12.2 Å². The Kier molecular flexibility index (Phi) is 5.91. The molecule has 3 amide bonds. The second-order valence-corrected chi connectivity index (χ2v) is 7.14. The van der Waals surface area contributed by atoms with Crippen LogP contribution in [0.1, 0.15) is 37.0 Å². The summed E-state index contributed by atoms with van der Waals surface area (Å²) in [5, 5.41) is 2.56. The maximum atomic E-state index is 12.4. The molecule has 0 spiro atoms. The highest BCUT2D eigenvalue weighted by Gasteiger charge is 2.47. The number of nitrogens with zero attached hydrogens (tertiary/aromatic N) is 1. The zero-order valence-electron chi connectivity index (χ0n) is 16.2. The van der Waals surface area contributed by atoms with Crippen LogP contribution in [0.2, 0.25) is 0 Å². The summed E-state index contributed by atoms with van der Waals surface area (Å²) in [7, 11) is 0. The van der Waals surface area contributed by atoms with Crippen molar-refractivity contribution in [3.63, 3.8) is 0 Å². The molecule has 1 fully saturated rings. The summed E-state index contributed by atoms with van der Waals surface area (Å²) < 4.78 is 5.10. The molecule has 0 aromatic heterocycles. The molecular formula is C21H22N2O6. The van der Waals surface area contributed by atoms with Crippen LogP contribution in [0.25, 0.3) is 0 Å². The predicted molar refractivity (Wildman–Crippen MR) is 103 cm³/mol. The van der Waals surface area contributed by atoms with E-state index in [0.29, 0.717) is 24.1 Å². The van der Waals surface area contributed by atoms with Gasteiger partial charge in [-0.3, -0.25) is 28.9 Å². The largest absolute Gasteiger partial charge is 0.451 e. The van der Waals surface area contributed by atoms with Crippen molar-refractivity contribution in [3.8, 4) is 0 Å². The van der Waals surface area contributed by atoms with Gasteiger partial charge in [-0.15, -0.1) is 0 Å². The molecule has 3 rings (SSSR count). The molecule has 0 radical (unpaired) electrons. The number of ether oxygens (including phenoxy) is 1. The smallest absolute Gasteiger partial charge is 0.326 e. The fraction of sp³-hybridized carbons (Fsp3) is 0.381. The number of allylic oxidation sites excluding steroid dienone is 2. The zero-order valence-corrected chi connectivity index (χ0v) is 16.2.